The van der Waals surface area contributed by atoms with Crippen LogP contribution in [0.4, 0.5) is 10.1 Å². The molecule has 2 aliphatic heterocycles. The van der Waals surface area contributed by atoms with Crippen LogP contribution in [0.5, 0.6) is 5.75 Å². The topological polar surface area (TPSA) is 146 Å². The van der Waals surface area contributed by atoms with Gasteiger partial charge in [-0.15, -0.1) is 0 Å². The summed E-state index contributed by atoms with van der Waals surface area (Å²) >= 11 is 0. The lowest BCUT2D eigenvalue weighted by atomic mass is 9.78. The molecule has 1 amide bonds. The molecule has 2 fully saturated rings. The number of nitrogens with zero attached hydrogens (tertiary/aromatic N) is 1. The van der Waals surface area contributed by atoms with Gasteiger partial charge in [0.25, 0.3) is 0 Å². The number of rotatable bonds is 13. The zero-order valence-corrected chi connectivity index (χ0v) is 27.4. The molecule has 0 spiro atoms. The molecule has 0 radical (unpaired) electrons. The molecule has 0 saturated carbocycles. The predicted molar refractivity (Wildman–Crippen MR) is 175 cm³/mol. The molecule has 0 aliphatic carbocycles. The number of carbonyl (C=O) groups excluding carboxylic acids is 2. The summed E-state index contributed by atoms with van der Waals surface area (Å²) in [5.74, 6) is -0.634. The first-order valence-electron chi connectivity index (χ1n) is 16.4. The lowest BCUT2D eigenvalue weighted by Gasteiger charge is -2.48. The van der Waals surface area contributed by atoms with Gasteiger partial charge in [-0.25, -0.2) is 9.18 Å². The number of aliphatic hydroxyl groups excluding tert-OH is 4. The monoisotopic (exact) mass is 665 g/mol. The molecule has 3 aromatic carbocycles. The van der Waals surface area contributed by atoms with Gasteiger partial charge < -0.3 is 39.5 Å². The summed E-state index contributed by atoms with van der Waals surface area (Å²) in [6, 6.07) is 20.7. The van der Waals surface area contributed by atoms with Crippen LogP contribution in [0.2, 0.25) is 0 Å². The average molecular weight is 666 g/mol. The number of ether oxygens (including phenoxy) is 3. The van der Waals surface area contributed by atoms with E-state index in [2.05, 4.69) is 0 Å². The normalized spacial score (nSPS) is 25.8. The number of aliphatic hydroxyl groups is 4. The summed E-state index contributed by atoms with van der Waals surface area (Å²) < 4.78 is 30.1. The van der Waals surface area contributed by atoms with Gasteiger partial charge in [-0.2, -0.15) is 0 Å². The number of carbonyl (C=O) groups is 2. The van der Waals surface area contributed by atoms with Gasteiger partial charge in [-0.05, 0) is 93.1 Å². The van der Waals surface area contributed by atoms with Gasteiger partial charge >= 0.3 is 5.97 Å². The van der Waals surface area contributed by atoms with Crippen molar-refractivity contribution in [3.05, 3.63) is 95.3 Å². The molecule has 10 nitrogen and oxygen atoms in total. The van der Waals surface area contributed by atoms with Crippen molar-refractivity contribution in [2.24, 2.45) is 5.92 Å². The smallest absolute Gasteiger partial charge is 0.349 e. The Morgan fingerprint density at radius 3 is 2.15 bits per heavy atom. The largest absolute Gasteiger partial charge is 0.476 e. The van der Waals surface area contributed by atoms with Crippen LogP contribution in [0.25, 0.3) is 0 Å². The van der Waals surface area contributed by atoms with E-state index in [1.54, 1.807) is 62.1 Å². The van der Waals surface area contributed by atoms with Gasteiger partial charge in [0.05, 0.1) is 31.3 Å². The molecule has 2 heterocycles. The average Bonchev–Trinajstić information content (AvgIpc) is 3.07. The summed E-state index contributed by atoms with van der Waals surface area (Å²) in [4.78, 5) is 27.7. The van der Waals surface area contributed by atoms with Gasteiger partial charge in [-0.3, -0.25) is 4.79 Å². The molecular formula is C37H44FNO9. The van der Waals surface area contributed by atoms with Crippen molar-refractivity contribution < 1.29 is 48.6 Å². The Kier molecular flexibility index (Phi) is 11.2. The maximum absolute atomic E-state index is 13.7. The van der Waals surface area contributed by atoms with E-state index in [-0.39, 0.29) is 36.7 Å². The van der Waals surface area contributed by atoms with Gasteiger partial charge in [-0.1, -0.05) is 36.4 Å². The van der Waals surface area contributed by atoms with E-state index >= 15 is 0 Å². The standard InChI is InChI=1S/C37H44FNO9/c1-4-46-36(45)37(2,3)48-27-18-16-26(17-19-27)39-31(28(35(39)44)7-5-6-22-10-14-25(38)15-11-22)24-12-8-23(9-13-24)20-29-32(41)34(43)33(42)30(21-40)47-29/h8-19,28-34,40-43H,4-7,20-21H2,1-3H3. The maximum Gasteiger partial charge on any atom is 0.349 e. The minimum Gasteiger partial charge on any atom is -0.476 e. The number of halogens is 1. The van der Waals surface area contributed by atoms with Crippen molar-refractivity contribution in [3.8, 4) is 5.75 Å². The molecule has 4 N–H and O–H groups in total. The first-order chi connectivity index (χ1) is 22.9. The highest BCUT2D eigenvalue weighted by Crippen LogP contribution is 2.46. The first kappa shape index (κ1) is 35.4. The van der Waals surface area contributed by atoms with Crippen LogP contribution in [0.1, 0.15) is 56.3 Å². The fourth-order valence-electron chi connectivity index (χ4n) is 6.42. The van der Waals surface area contributed by atoms with Crippen molar-refractivity contribution in [2.45, 2.75) is 88.6 Å². The number of esters is 1. The molecule has 7 atom stereocenters. The number of β-lactam (4-membered cyclic amide) rings is 1. The minimum absolute atomic E-state index is 0.0231. The Hall–Kier alpha value is -3.87. The van der Waals surface area contributed by atoms with E-state index in [1.165, 1.54) is 12.1 Å². The van der Waals surface area contributed by atoms with Crippen LogP contribution in [0.15, 0.2) is 72.8 Å². The van der Waals surface area contributed by atoms with Crippen molar-refractivity contribution in [3.63, 3.8) is 0 Å². The second kappa shape index (κ2) is 15.1. The zero-order chi connectivity index (χ0) is 34.6. The summed E-state index contributed by atoms with van der Waals surface area (Å²) in [6.45, 7) is 4.73. The molecule has 2 saturated heterocycles. The molecule has 258 valence electrons. The molecule has 2 aliphatic rings. The fourth-order valence-corrected chi connectivity index (χ4v) is 6.42. The molecule has 5 rings (SSSR count). The third kappa shape index (κ3) is 7.71. The summed E-state index contributed by atoms with van der Waals surface area (Å²) in [5, 5.41) is 40.3. The van der Waals surface area contributed by atoms with E-state index < -0.39 is 48.7 Å². The molecule has 7 unspecified atom stereocenters. The Balaban J connectivity index is 1.33. The minimum atomic E-state index is -1.45. The SMILES string of the molecule is CCOC(=O)C(C)(C)Oc1ccc(N2C(=O)C(CCCc3ccc(F)cc3)C2c2ccc(CC3OC(CO)C(O)C(O)C3O)cc2)cc1. The summed E-state index contributed by atoms with van der Waals surface area (Å²) in [5.41, 5.74) is 2.18. The van der Waals surface area contributed by atoms with Gasteiger partial charge in [0.2, 0.25) is 5.91 Å². The van der Waals surface area contributed by atoms with Gasteiger partial charge in [0.1, 0.15) is 36.0 Å². The Morgan fingerprint density at radius 1 is 0.896 bits per heavy atom. The summed E-state index contributed by atoms with van der Waals surface area (Å²) in [6.07, 6.45) is -3.71. The molecule has 48 heavy (non-hydrogen) atoms. The number of hydrogen-bond donors (Lipinski definition) is 4. The molecule has 11 heteroatoms. The zero-order valence-electron chi connectivity index (χ0n) is 27.4. The van der Waals surface area contributed by atoms with Crippen molar-refractivity contribution in [1.29, 1.82) is 0 Å². The number of hydrogen-bond acceptors (Lipinski definition) is 9. The highest BCUT2D eigenvalue weighted by molar-refractivity contribution is 6.03. The van der Waals surface area contributed by atoms with Crippen LogP contribution in [-0.2, 0) is 31.9 Å². The second-order valence-corrected chi connectivity index (χ2v) is 12.9. The van der Waals surface area contributed by atoms with Crippen molar-refractivity contribution in [2.75, 3.05) is 18.1 Å². The summed E-state index contributed by atoms with van der Waals surface area (Å²) in [7, 11) is 0. The van der Waals surface area contributed by atoms with E-state index in [0.717, 1.165) is 23.1 Å². The van der Waals surface area contributed by atoms with Crippen molar-refractivity contribution >= 4 is 17.6 Å². The van der Waals surface area contributed by atoms with Crippen LogP contribution < -0.4 is 9.64 Å². The first-order valence-corrected chi connectivity index (χ1v) is 16.4. The fraction of sp³-hybridized carbons (Fsp3) is 0.459. The highest BCUT2D eigenvalue weighted by Gasteiger charge is 2.48. The Labute approximate surface area is 279 Å². The van der Waals surface area contributed by atoms with Crippen molar-refractivity contribution in [1.82, 2.24) is 0 Å². The van der Waals surface area contributed by atoms with Crippen LogP contribution in [0, 0.1) is 11.7 Å². The predicted octanol–water partition coefficient (Wildman–Crippen LogP) is 3.66. The Bertz CT molecular complexity index is 1530. The number of anilines is 1. The molecule has 0 aromatic heterocycles. The van der Waals surface area contributed by atoms with E-state index in [9.17, 15) is 34.4 Å². The molecular weight excluding hydrogens is 621 g/mol. The lowest BCUT2D eigenvalue weighted by Crippen LogP contribution is -2.59. The third-order valence-corrected chi connectivity index (χ3v) is 9.11. The van der Waals surface area contributed by atoms with Crippen LogP contribution >= 0.6 is 0 Å². The molecule has 0 bridgehead atoms. The van der Waals surface area contributed by atoms with Crippen LogP contribution in [-0.4, -0.2) is 81.6 Å². The third-order valence-electron chi connectivity index (χ3n) is 9.11. The maximum atomic E-state index is 13.7. The van der Waals surface area contributed by atoms with E-state index in [0.29, 0.717) is 24.3 Å². The van der Waals surface area contributed by atoms with E-state index in [4.69, 9.17) is 14.2 Å². The second-order valence-electron chi connectivity index (χ2n) is 12.9. The number of amides is 1. The molecule has 3 aromatic rings. The highest BCUT2D eigenvalue weighted by atomic mass is 19.1. The quantitative estimate of drug-likeness (QED) is 0.159. The lowest BCUT2D eigenvalue weighted by molar-refractivity contribution is -0.228. The van der Waals surface area contributed by atoms with Gasteiger partial charge in [0.15, 0.2) is 5.60 Å². The van der Waals surface area contributed by atoms with Gasteiger partial charge in [0, 0.05) is 12.1 Å². The number of benzene rings is 3. The van der Waals surface area contributed by atoms with E-state index in [1.807, 2.05) is 24.3 Å². The Morgan fingerprint density at radius 2 is 1.52 bits per heavy atom. The van der Waals surface area contributed by atoms with Crippen LogP contribution in [0.3, 0.4) is 0 Å². The number of aryl methyl sites for hydroxylation is 1.